The van der Waals surface area contributed by atoms with Gasteiger partial charge in [-0.15, -0.1) is 0 Å². The maximum atomic E-state index is 4.51. The summed E-state index contributed by atoms with van der Waals surface area (Å²) in [4.78, 5) is 9.77. The smallest absolute Gasteiger partial charge is 0.183 e. The maximum Gasteiger partial charge on any atom is 0.183 e. The molecule has 78 valence electrons. The number of nitrogens with one attached hydrogen (secondary N) is 1. The fraction of sp³-hybridized carbons (Fsp3) is 0.273. The van der Waals surface area contributed by atoms with Crippen molar-refractivity contribution >= 4 is 16.5 Å². The SMILES string of the molecule is CCc1nc(NC)sc1-c1ccncc1. The summed E-state index contributed by atoms with van der Waals surface area (Å²) in [6.07, 6.45) is 4.58. The highest BCUT2D eigenvalue weighted by atomic mass is 32.1. The van der Waals surface area contributed by atoms with E-state index in [0.29, 0.717) is 0 Å². The topological polar surface area (TPSA) is 37.8 Å². The minimum absolute atomic E-state index is 0.954. The van der Waals surface area contributed by atoms with Crippen LogP contribution in [-0.2, 0) is 6.42 Å². The predicted molar refractivity (Wildman–Crippen MR) is 64.3 cm³/mol. The van der Waals surface area contributed by atoms with E-state index >= 15 is 0 Å². The average Bonchev–Trinajstić information content (AvgIpc) is 2.73. The van der Waals surface area contributed by atoms with Gasteiger partial charge >= 0.3 is 0 Å². The summed E-state index contributed by atoms with van der Waals surface area (Å²) in [5.41, 5.74) is 2.34. The number of thiazole rings is 1. The Kier molecular flexibility index (Phi) is 2.97. The molecule has 0 radical (unpaired) electrons. The lowest BCUT2D eigenvalue weighted by atomic mass is 10.2. The quantitative estimate of drug-likeness (QED) is 0.862. The van der Waals surface area contributed by atoms with Gasteiger partial charge < -0.3 is 5.32 Å². The molecule has 2 aromatic heterocycles. The molecule has 0 bridgehead atoms. The van der Waals surface area contributed by atoms with E-state index < -0.39 is 0 Å². The van der Waals surface area contributed by atoms with Gasteiger partial charge in [-0.2, -0.15) is 0 Å². The van der Waals surface area contributed by atoms with Crippen LogP contribution in [0.4, 0.5) is 5.13 Å². The van der Waals surface area contributed by atoms with Crippen molar-refractivity contribution in [3.8, 4) is 10.4 Å². The number of hydrogen-bond donors (Lipinski definition) is 1. The lowest BCUT2D eigenvalue weighted by Gasteiger charge is -1.97. The summed E-state index contributed by atoms with van der Waals surface area (Å²) in [6.45, 7) is 2.12. The highest BCUT2D eigenvalue weighted by molar-refractivity contribution is 7.19. The van der Waals surface area contributed by atoms with Crippen LogP contribution in [0, 0.1) is 0 Å². The van der Waals surface area contributed by atoms with Crippen molar-refractivity contribution in [2.75, 3.05) is 12.4 Å². The zero-order valence-corrected chi connectivity index (χ0v) is 9.64. The molecule has 0 aromatic carbocycles. The number of hydrogen-bond acceptors (Lipinski definition) is 4. The third-order valence-corrected chi connectivity index (χ3v) is 3.35. The molecule has 4 heteroatoms. The van der Waals surface area contributed by atoms with E-state index in [4.69, 9.17) is 0 Å². The van der Waals surface area contributed by atoms with E-state index in [1.54, 1.807) is 11.3 Å². The van der Waals surface area contributed by atoms with Crippen molar-refractivity contribution in [3.05, 3.63) is 30.2 Å². The molecule has 0 saturated carbocycles. The van der Waals surface area contributed by atoms with Crippen LogP contribution in [0.5, 0.6) is 0 Å². The zero-order chi connectivity index (χ0) is 10.7. The summed E-state index contributed by atoms with van der Waals surface area (Å²) < 4.78 is 0. The van der Waals surface area contributed by atoms with Gasteiger partial charge in [-0.25, -0.2) is 4.98 Å². The molecule has 15 heavy (non-hydrogen) atoms. The molecule has 3 nitrogen and oxygen atoms in total. The maximum absolute atomic E-state index is 4.51. The number of anilines is 1. The first kappa shape index (κ1) is 10.1. The molecule has 1 N–H and O–H groups in total. The van der Waals surface area contributed by atoms with Crippen molar-refractivity contribution < 1.29 is 0 Å². The minimum atomic E-state index is 0.954. The van der Waals surface area contributed by atoms with E-state index in [1.807, 2.05) is 31.6 Å². The Hall–Kier alpha value is -1.42. The first-order valence-electron chi connectivity index (χ1n) is 4.93. The fourth-order valence-corrected chi connectivity index (χ4v) is 2.44. The second-order valence-corrected chi connectivity index (χ2v) is 4.13. The van der Waals surface area contributed by atoms with Gasteiger partial charge in [0.15, 0.2) is 5.13 Å². The second-order valence-electron chi connectivity index (χ2n) is 3.13. The zero-order valence-electron chi connectivity index (χ0n) is 8.82. The Bertz CT molecular complexity index is 436. The van der Waals surface area contributed by atoms with E-state index in [-0.39, 0.29) is 0 Å². The lowest BCUT2D eigenvalue weighted by Crippen LogP contribution is -1.87. The van der Waals surface area contributed by atoms with Gasteiger partial charge in [0.25, 0.3) is 0 Å². The summed E-state index contributed by atoms with van der Waals surface area (Å²) in [7, 11) is 1.90. The molecule has 2 aromatic rings. The molecule has 2 heterocycles. The molecule has 0 aliphatic carbocycles. The molecule has 0 aliphatic heterocycles. The Balaban J connectivity index is 2.47. The van der Waals surface area contributed by atoms with Gasteiger partial charge in [0, 0.05) is 19.4 Å². The van der Waals surface area contributed by atoms with Crippen molar-refractivity contribution in [2.45, 2.75) is 13.3 Å². The van der Waals surface area contributed by atoms with E-state index in [9.17, 15) is 0 Å². The van der Waals surface area contributed by atoms with Crippen LogP contribution >= 0.6 is 11.3 Å². The van der Waals surface area contributed by atoms with Crippen LogP contribution < -0.4 is 5.32 Å². The molecule has 0 atom stereocenters. The fourth-order valence-electron chi connectivity index (χ4n) is 1.43. The molecule has 0 spiro atoms. The number of pyridine rings is 1. The highest BCUT2D eigenvalue weighted by Gasteiger charge is 2.10. The van der Waals surface area contributed by atoms with Gasteiger partial charge in [0.2, 0.25) is 0 Å². The monoisotopic (exact) mass is 219 g/mol. The standard InChI is InChI=1S/C11H13N3S/c1-3-9-10(15-11(12-2)14-9)8-4-6-13-7-5-8/h4-7H,3H2,1-2H3,(H,12,14). The minimum Gasteiger partial charge on any atom is -0.365 e. The molecule has 2 rings (SSSR count). The van der Waals surface area contributed by atoms with Crippen molar-refractivity contribution in [1.29, 1.82) is 0 Å². The van der Waals surface area contributed by atoms with Crippen LogP contribution in [0.3, 0.4) is 0 Å². The van der Waals surface area contributed by atoms with Crippen LogP contribution in [0.1, 0.15) is 12.6 Å². The third-order valence-electron chi connectivity index (χ3n) is 2.19. The summed E-state index contributed by atoms with van der Waals surface area (Å²) in [5, 5.41) is 4.05. The first-order valence-corrected chi connectivity index (χ1v) is 5.74. The molecule has 0 fully saturated rings. The Morgan fingerprint density at radius 1 is 1.33 bits per heavy atom. The van der Waals surface area contributed by atoms with Crippen LogP contribution in [0.2, 0.25) is 0 Å². The van der Waals surface area contributed by atoms with Crippen LogP contribution in [0.25, 0.3) is 10.4 Å². The van der Waals surface area contributed by atoms with Gasteiger partial charge in [-0.1, -0.05) is 18.3 Å². The predicted octanol–water partition coefficient (Wildman–Crippen LogP) is 2.81. The van der Waals surface area contributed by atoms with Crippen molar-refractivity contribution in [3.63, 3.8) is 0 Å². The van der Waals surface area contributed by atoms with E-state index in [2.05, 4.69) is 22.2 Å². The molecule has 0 amide bonds. The van der Waals surface area contributed by atoms with Gasteiger partial charge in [-0.05, 0) is 24.1 Å². The summed E-state index contributed by atoms with van der Waals surface area (Å²) in [6, 6.07) is 4.04. The molecular weight excluding hydrogens is 206 g/mol. The molecule has 0 saturated heterocycles. The van der Waals surface area contributed by atoms with Gasteiger partial charge in [-0.3, -0.25) is 4.98 Å². The molecule has 0 unspecified atom stereocenters. The van der Waals surface area contributed by atoms with Crippen LogP contribution in [0.15, 0.2) is 24.5 Å². The molecular formula is C11H13N3S. The third kappa shape index (κ3) is 1.99. The van der Waals surface area contributed by atoms with Gasteiger partial charge in [0.05, 0.1) is 10.6 Å². The van der Waals surface area contributed by atoms with E-state index in [0.717, 1.165) is 17.2 Å². The Morgan fingerprint density at radius 2 is 2.07 bits per heavy atom. The number of nitrogens with zero attached hydrogens (tertiary/aromatic N) is 2. The first-order chi connectivity index (χ1) is 7.35. The van der Waals surface area contributed by atoms with Gasteiger partial charge in [0.1, 0.15) is 0 Å². The molecule has 0 aliphatic rings. The highest BCUT2D eigenvalue weighted by Crippen LogP contribution is 2.32. The van der Waals surface area contributed by atoms with E-state index in [1.165, 1.54) is 10.4 Å². The largest absolute Gasteiger partial charge is 0.365 e. The number of aromatic nitrogens is 2. The number of rotatable bonds is 3. The average molecular weight is 219 g/mol. The Morgan fingerprint density at radius 3 is 2.67 bits per heavy atom. The normalized spacial score (nSPS) is 10.3. The Labute approximate surface area is 93.2 Å². The van der Waals surface area contributed by atoms with Crippen LogP contribution in [-0.4, -0.2) is 17.0 Å². The summed E-state index contributed by atoms with van der Waals surface area (Å²) >= 11 is 1.69. The lowest BCUT2D eigenvalue weighted by molar-refractivity contribution is 1.06. The second kappa shape index (κ2) is 4.40. The summed E-state index contributed by atoms with van der Waals surface area (Å²) in [5.74, 6) is 0. The van der Waals surface area contributed by atoms with Crippen molar-refractivity contribution in [2.24, 2.45) is 0 Å². The van der Waals surface area contributed by atoms with Crippen molar-refractivity contribution in [1.82, 2.24) is 9.97 Å². The number of aryl methyl sites for hydroxylation is 1.